The van der Waals surface area contributed by atoms with E-state index < -0.39 is 0 Å². The molecule has 6 aromatic carbocycles. The molecule has 0 saturated heterocycles. The van der Waals surface area contributed by atoms with Crippen molar-refractivity contribution in [3.05, 3.63) is 144 Å². The van der Waals surface area contributed by atoms with E-state index >= 15 is 0 Å². The quantitative estimate of drug-likeness (QED) is 0.187. The van der Waals surface area contributed by atoms with Crippen molar-refractivity contribution in [1.82, 2.24) is 14.5 Å². The van der Waals surface area contributed by atoms with Crippen LogP contribution in [0.15, 0.2) is 136 Å². The fourth-order valence-corrected chi connectivity index (χ4v) is 6.26. The molecule has 0 bridgehead atoms. The Labute approximate surface area is 268 Å². The van der Waals surface area contributed by atoms with Crippen molar-refractivity contribution in [2.75, 3.05) is 0 Å². The molecule has 9 aromatic rings. The molecule has 3 heterocycles. The van der Waals surface area contributed by atoms with Crippen molar-refractivity contribution in [3.8, 4) is 45.8 Å². The lowest BCUT2D eigenvalue weighted by Crippen LogP contribution is -1.94. The van der Waals surface area contributed by atoms with Crippen LogP contribution in [0.2, 0.25) is 0 Å². The number of aromatic nitrogens is 3. The first-order chi connectivity index (χ1) is 23.1. The lowest BCUT2D eigenvalue weighted by Gasteiger charge is -2.11. The molecule has 0 aliphatic carbocycles. The second kappa shape index (κ2) is 10.3. The van der Waals surface area contributed by atoms with Gasteiger partial charge in [0.2, 0.25) is 11.8 Å². The SMILES string of the molecule is [C-]#[N+]c1cc(C#N)cc(-c2ccc(-n3c4cc(-c5nc6ccccc6o5)ccc4c4ccc(-c5nc6ccccc6o5)cc43)cc2)c1. The molecule has 0 N–H and O–H groups in total. The van der Waals surface area contributed by atoms with Crippen LogP contribution in [0.5, 0.6) is 0 Å². The molecule has 0 unspecified atom stereocenters. The van der Waals surface area contributed by atoms with Gasteiger partial charge in [-0.05, 0) is 90.0 Å². The number of rotatable bonds is 4. The summed E-state index contributed by atoms with van der Waals surface area (Å²) in [6, 6.07) is 43.6. The second-order valence-electron chi connectivity index (χ2n) is 11.3. The van der Waals surface area contributed by atoms with Crippen LogP contribution in [-0.2, 0) is 0 Å². The van der Waals surface area contributed by atoms with E-state index in [1.807, 2.05) is 84.9 Å². The molecule has 0 saturated carbocycles. The Hall–Kier alpha value is -6.96. The van der Waals surface area contributed by atoms with Gasteiger partial charge in [-0.2, -0.15) is 5.26 Å². The van der Waals surface area contributed by atoms with Crippen LogP contribution in [-0.4, -0.2) is 14.5 Å². The Morgan fingerprint density at radius 3 is 1.68 bits per heavy atom. The van der Waals surface area contributed by atoms with Gasteiger partial charge >= 0.3 is 0 Å². The molecule has 0 fully saturated rings. The normalized spacial score (nSPS) is 11.4. The van der Waals surface area contributed by atoms with Gasteiger partial charge in [-0.15, -0.1) is 0 Å². The number of nitrogens with zero attached hydrogens (tertiary/aromatic N) is 5. The molecular weight excluding hydrogens is 582 g/mol. The van der Waals surface area contributed by atoms with E-state index in [-0.39, 0.29) is 0 Å². The van der Waals surface area contributed by atoms with Crippen LogP contribution in [0, 0.1) is 17.9 Å². The van der Waals surface area contributed by atoms with E-state index in [1.54, 1.807) is 6.07 Å². The Morgan fingerprint density at radius 1 is 0.596 bits per heavy atom. The number of fused-ring (bicyclic) bond motifs is 5. The average Bonchev–Trinajstić information content (AvgIpc) is 3.84. The molecule has 9 rings (SSSR count). The summed E-state index contributed by atoms with van der Waals surface area (Å²) in [7, 11) is 0. The molecule has 0 aliphatic rings. The van der Waals surface area contributed by atoms with Crippen LogP contribution >= 0.6 is 0 Å². The van der Waals surface area contributed by atoms with Crippen molar-refractivity contribution in [3.63, 3.8) is 0 Å². The van der Waals surface area contributed by atoms with Gasteiger partial charge in [0.25, 0.3) is 0 Å². The van der Waals surface area contributed by atoms with Gasteiger partial charge in [0.15, 0.2) is 16.9 Å². The number of hydrogen-bond donors (Lipinski definition) is 0. The summed E-state index contributed by atoms with van der Waals surface area (Å²) in [6.45, 7) is 7.47. The highest BCUT2D eigenvalue weighted by Gasteiger charge is 2.18. The highest BCUT2D eigenvalue weighted by molar-refractivity contribution is 6.11. The maximum Gasteiger partial charge on any atom is 0.227 e. The molecule has 0 spiro atoms. The minimum Gasteiger partial charge on any atom is -0.436 e. The molecule has 218 valence electrons. The Bertz CT molecular complexity index is 2540. The molecule has 47 heavy (non-hydrogen) atoms. The highest BCUT2D eigenvalue weighted by atomic mass is 16.4. The third-order valence-electron chi connectivity index (χ3n) is 8.48. The number of oxazole rings is 2. The number of nitriles is 1. The Kier molecular flexibility index (Phi) is 5.80. The molecule has 7 nitrogen and oxygen atoms in total. The Balaban J connectivity index is 1.25. The summed E-state index contributed by atoms with van der Waals surface area (Å²) in [5, 5.41) is 11.7. The van der Waals surface area contributed by atoms with E-state index in [4.69, 9.17) is 25.4 Å². The summed E-state index contributed by atoms with van der Waals surface area (Å²) in [5.74, 6) is 1.11. The largest absolute Gasteiger partial charge is 0.436 e. The minimum absolute atomic E-state index is 0.434. The van der Waals surface area contributed by atoms with Gasteiger partial charge in [0, 0.05) is 33.2 Å². The summed E-state index contributed by atoms with van der Waals surface area (Å²) in [5.41, 5.74) is 10.4. The van der Waals surface area contributed by atoms with E-state index in [9.17, 15) is 5.26 Å². The lowest BCUT2D eigenvalue weighted by molar-refractivity contribution is 0.619. The minimum atomic E-state index is 0.434. The molecule has 0 aliphatic heterocycles. The first-order valence-corrected chi connectivity index (χ1v) is 15.0. The van der Waals surface area contributed by atoms with Gasteiger partial charge < -0.3 is 13.4 Å². The maximum absolute atomic E-state index is 9.51. The second-order valence-corrected chi connectivity index (χ2v) is 11.3. The molecule has 0 amide bonds. The summed E-state index contributed by atoms with van der Waals surface area (Å²) < 4.78 is 14.5. The first-order valence-electron chi connectivity index (χ1n) is 15.0. The van der Waals surface area contributed by atoms with Crippen molar-refractivity contribution in [1.29, 1.82) is 5.26 Å². The zero-order chi connectivity index (χ0) is 31.5. The summed E-state index contributed by atoms with van der Waals surface area (Å²) in [4.78, 5) is 13.1. The Morgan fingerprint density at radius 2 is 1.15 bits per heavy atom. The number of para-hydroxylation sites is 4. The van der Waals surface area contributed by atoms with E-state index in [1.165, 1.54) is 0 Å². The highest BCUT2D eigenvalue weighted by Crippen LogP contribution is 2.38. The van der Waals surface area contributed by atoms with Gasteiger partial charge in [0.1, 0.15) is 11.0 Å². The summed E-state index contributed by atoms with van der Waals surface area (Å²) in [6.07, 6.45) is 0. The van der Waals surface area contributed by atoms with Crippen molar-refractivity contribution >= 4 is 49.7 Å². The van der Waals surface area contributed by atoms with E-state index in [2.05, 4.69) is 51.9 Å². The molecular formula is C40H21N5O2. The van der Waals surface area contributed by atoms with Gasteiger partial charge in [-0.1, -0.05) is 48.5 Å². The van der Waals surface area contributed by atoms with Gasteiger partial charge in [0.05, 0.1) is 23.7 Å². The average molecular weight is 604 g/mol. The van der Waals surface area contributed by atoms with Gasteiger partial charge in [-0.3, -0.25) is 0 Å². The zero-order valence-corrected chi connectivity index (χ0v) is 24.7. The summed E-state index contributed by atoms with van der Waals surface area (Å²) >= 11 is 0. The third kappa shape index (κ3) is 4.34. The predicted molar refractivity (Wildman–Crippen MR) is 183 cm³/mol. The van der Waals surface area contributed by atoms with Crippen molar-refractivity contribution in [2.24, 2.45) is 0 Å². The monoisotopic (exact) mass is 603 g/mol. The van der Waals surface area contributed by atoms with Crippen LogP contribution in [0.4, 0.5) is 5.69 Å². The smallest absolute Gasteiger partial charge is 0.227 e. The van der Waals surface area contributed by atoms with Crippen LogP contribution in [0.1, 0.15) is 5.56 Å². The standard InChI is InChI=1S/C40H21N5O2/c1-42-29-19-24(23-41)18-28(20-29)25-10-14-30(15-11-25)45-35-21-26(39-43-33-6-2-4-8-37(33)46-39)12-16-31(35)32-17-13-27(22-36(32)45)40-44-34-7-3-5-9-38(34)47-40/h2-22H. The first kappa shape index (κ1) is 26.4. The van der Waals surface area contributed by atoms with E-state index in [0.717, 1.165) is 71.9 Å². The maximum atomic E-state index is 9.51. The van der Waals surface area contributed by atoms with Crippen LogP contribution < -0.4 is 0 Å². The topological polar surface area (TPSA) is 85.1 Å². The van der Waals surface area contributed by atoms with Crippen molar-refractivity contribution < 1.29 is 8.83 Å². The third-order valence-corrected chi connectivity index (χ3v) is 8.48. The van der Waals surface area contributed by atoms with Gasteiger partial charge in [-0.25, -0.2) is 14.8 Å². The van der Waals surface area contributed by atoms with Crippen molar-refractivity contribution in [2.45, 2.75) is 0 Å². The molecule has 7 heteroatoms. The van der Waals surface area contributed by atoms with Crippen LogP contribution in [0.3, 0.4) is 0 Å². The molecule has 0 radical (unpaired) electrons. The predicted octanol–water partition coefficient (Wildman–Crippen LogP) is 10.5. The number of hydrogen-bond acceptors (Lipinski definition) is 5. The lowest BCUT2D eigenvalue weighted by atomic mass is 10.0. The molecule has 0 atom stereocenters. The fraction of sp³-hybridized carbons (Fsp3) is 0. The fourth-order valence-electron chi connectivity index (χ4n) is 6.26. The number of benzene rings is 6. The van der Waals surface area contributed by atoms with Crippen LogP contribution in [0.25, 0.3) is 88.6 Å². The van der Waals surface area contributed by atoms with E-state index in [0.29, 0.717) is 23.0 Å². The molecule has 3 aromatic heterocycles. The zero-order valence-electron chi connectivity index (χ0n) is 24.7.